The van der Waals surface area contributed by atoms with Crippen molar-refractivity contribution in [3.05, 3.63) is 30.0 Å². The fourth-order valence-corrected chi connectivity index (χ4v) is 1.21. The highest BCUT2D eigenvalue weighted by Gasteiger charge is 2.03. The zero-order chi connectivity index (χ0) is 12.3. The number of nitrogen functional groups attached to an aromatic ring is 1. The molecule has 2 aromatic heterocycles. The molecule has 0 saturated heterocycles. The first kappa shape index (κ1) is 11.1. The minimum Gasteiger partial charge on any atom is -0.465 e. The normalized spacial score (nSPS) is 10.9. The van der Waals surface area contributed by atoms with Crippen molar-refractivity contribution >= 4 is 24.0 Å². The van der Waals surface area contributed by atoms with Crippen molar-refractivity contribution in [1.29, 1.82) is 0 Å². The Kier molecular flexibility index (Phi) is 3.04. The van der Waals surface area contributed by atoms with E-state index in [-0.39, 0.29) is 5.95 Å². The van der Waals surface area contributed by atoms with Crippen LogP contribution in [0.2, 0.25) is 0 Å². The highest BCUT2D eigenvalue weighted by atomic mass is 16.3. The Labute approximate surface area is 98.8 Å². The quantitative estimate of drug-likeness (QED) is 0.857. The van der Waals surface area contributed by atoms with Crippen LogP contribution in [0.5, 0.6) is 0 Å². The lowest BCUT2D eigenvalue weighted by Gasteiger charge is -2.09. The first-order chi connectivity index (χ1) is 8.15. The predicted molar refractivity (Wildman–Crippen MR) is 66.2 cm³/mol. The van der Waals surface area contributed by atoms with Crippen molar-refractivity contribution in [2.24, 2.45) is 0 Å². The fraction of sp³-hybridized carbons (Fsp3) is 0.182. The van der Waals surface area contributed by atoms with E-state index < -0.39 is 0 Å². The molecule has 0 unspecified atom stereocenters. The second-order valence-electron chi connectivity index (χ2n) is 3.59. The van der Waals surface area contributed by atoms with Gasteiger partial charge in [0.05, 0.1) is 6.26 Å². The Morgan fingerprint density at radius 2 is 2.06 bits per heavy atom. The van der Waals surface area contributed by atoms with Crippen molar-refractivity contribution in [3.63, 3.8) is 0 Å². The zero-order valence-electron chi connectivity index (χ0n) is 9.66. The maximum atomic E-state index is 5.60. The summed E-state index contributed by atoms with van der Waals surface area (Å²) in [5.74, 6) is 1.95. The molecule has 2 aromatic rings. The molecule has 6 nitrogen and oxygen atoms in total. The predicted octanol–water partition coefficient (Wildman–Crippen LogP) is 1.28. The lowest BCUT2D eigenvalue weighted by Crippen LogP contribution is -2.15. The molecule has 0 amide bonds. The van der Waals surface area contributed by atoms with Gasteiger partial charge < -0.3 is 15.1 Å². The van der Waals surface area contributed by atoms with Gasteiger partial charge in [-0.15, -0.1) is 0 Å². The Balaban J connectivity index is 2.27. The largest absolute Gasteiger partial charge is 0.465 e. The van der Waals surface area contributed by atoms with Crippen LogP contribution in [-0.2, 0) is 0 Å². The number of rotatable bonds is 3. The molecule has 0 radical (unpaired) electrons. The average Bonchev–Trinajstić information content (AvgIpc) is 2.78. The van der Waals surface area contributed by atoms with Gasteiger partial charge in [-0.2, -0.15) is 15.0 Å². The molecule has 17 heavy (non-hydrogen) atoms. The van der Waals surface area contributed by atoms with E-state index in [1.165, 1.54) is 0 Å². The summed E-state index contributed by atoms with van der Waals surface area (Å²) in [4.78, 5) is 14.0. The van der Waals surface area contributed by atoms with Crippen LogP contribution in [-0.4, -0.2) is 29.0 Å². The summed E-state index contributed by atoms with van der Waals surface area (Å²) in [6, 6.07) is 3.65. The highest BCUT2D eigenvalue weighted by Crippen LogP contribution is 2.09. The van der Waals surface area contributed by atoms with Gasteiger partial charge in [0, 0.05) is 14.1 Å². The maximum Gasteiger partial charge on any atom is 0.230 e. The summed E-state index contributed by atoms with van der Waals surface area (Å²) in [6.07, 6.45) is 5.10. The number of nitrogens with zero attached hydrogens (tertiary/aromatic N) is 4. The van der Waals surface area contributed by atoms with E-state index in [2.05, 4.69) is 15.0 Å². The van der Waals surface area contributed by atoms with Crippen molar-refractivity contribution in [2.75, 3.05) is 24.7 Å². The van der Waals surface area contributed by atoms with Crippen LogP contribution in [0.15, 0.2) is 22.8 Å². The second-order valence-corrected chi connectivity index (χ2v) is 3.59. The molecule has 88 valence electrons. The number of hydrogen-bond acceptors (Lipinski definition) is 6. The van der Waals surface area contributed by atoms with Crippen LogP contribution in [0.1, 0.15) is 11.6 Å². The van der Waals surface area contributed by atoms with Crippen LogP contribution in [0, 0.1) is 0 Å². The molecule has 0 aromatic carbocycles. The minimum atomic E-state index is 0.197. The van der Waals surface area contributed by atoms with E-state index in [4.69, 9.17) is 10.2 Å². The SMILES string of the molecule is CN(C)c1nc(N)nc(/C=C\c2ccco2)n1. The van der Waals surface area contributed by atoms with Crippen molar-refractivity contribution in [3.8, 4) is 0 Å². The van der Waals surface area contributed by atoms with Crippen LogP contribution in [0.4, 0.5) is 11.9 Å². The van der Waals surface area contributed by atoms with E-state index in [0.717, 1.165) is 5.76 Å². The van der Waals surface area contributed by atoms with E-state index in [9.17, 15) is 0 Å². The van der Waals surface area contributed by atoms with Crippen LogP contribution < -0.4 is 10.6 Å². The highest BCUT2D eigenvalue weighted by molar-refractivity contribution is 5.64. The number of anilines is 2. The third-order valence-corrected chi connectivity index (χ3v) is 2.00. The van der Waals surface area contributed by atoms with Crippen LogP contribution in [0.3, 0.4) is 0 Å². The number of nitrogens with two attached hydrogens (primary N) is 1. The molecule has 0 saturated carbocycles. The van der Waals surface area contributed by atoms with Gasteiger partial charge in [-0.25, -0.2) is 0 Å². The van der Waals surface area contributed by atoms with Crippen LogP contribution >= 0.6 is 0 Å². The van der Waals surface area contributed by atoms with Crippen molar-refractivity contribution in [2.45, 2.75) is 0 Å². The number of hydrogen-bond donors (Lipinski definition) is 1. The Morgan fingerprint density at radius 3 is 2.71 bits per heavy atom. The molecule has 0 aliphatic heterocycles. The van der Waals surface area contributed by atoms with Gasteiger partial charge in [-0.05, 0) is 24.3 Å². The molecule has 0 bridgehead atoms. The van der Waals surface area contributed by atoms with E-state index in [0.29, 0.717) is 11.8 Å². The van der Waals surface area contributed by atoms with Gasteiger partial charge >= 0.3 is 0 Å². The summed E-state index contributed by atoms with van der Waals surface area (Å²) < 4.78 is 5.16. The Bertz CT molecular complexity index is 519. The molecule has 2 N–H and O–H groups in total. The standard InChI is InChI=1S/C11H13N5O/c1-16(2)11-14-9(13-10(12)15-11)6-5-8-4-3-7-17-8/h3-7H,1-2H3,(H2,12,13,14,15)/b6-5-. The third-order valence-electron chi connectivity index (χ3n) is 2.00. The van der Waals surface area contributed by atoms with Gasteiger partial charge in [0.25, 0.3) is 0 Å². The Morgan fingerprint density at radius 1 is 1.24 bits per heavy atom. The molecule has 0 fully saturated rings. The number of aromatic nitrogens is 3. The van der Waals surface area contributed by atoms with E-state index >= 15 is 0 Å². The molecular formula is C11H13N5O. The van der Waals surface area contributed by atoms with Crippen molar-refractivity contribution in [1.82, 2.24) is 15.0 Å². The van der Waals surface area contributed by atoms with Crippen molar-refractivity contribution < 1.29 is 4.42 Å². The molecule has 0 aliphatic rings. The monoisotopic (exact) mass is 231 g/mol. The lowest BCUT2D eigenvalue weighted by molar-refractivity contribution is 0.557. The molecule has 0 aliphatic carbocycles. The van der Waals surface area contributed by atoms with E-state index in [1.807, 2.05) is 26.2 Å². The van der Waals surface area contributed by atoms with Crippen LogP contribution in [0.25, 0.3) is 12.2 Å². The van der Waals surface area contributed by atoms with E-state index in [1.54, 1.807) is 23.3 Å². The topological polar surface area (TPSA) is 81.1 Å². The fourth-order valence-electron chi connectivity index (χ4n) is 1.21. The summed E-state index contributed by atoms with van der Waals surface area (Å²) >= 11 is 0. The lowest BCUT2D eigenvalue weighted by atomic mass is 10.4. The molecule has 0 atom stereocenters. The minimum absolute atomic E-state index is 0.197. The van der Waals surface area contributed by atoms with Gasteiger partial charge in [-0.1, -0.05) is 0 Å². The van der Waals surface area contributed by atoms with Gasteiger partial charge in [0.1, 0.15) is 5.76 Å². The summed E-state index contributed by atoms with van der Waals surface area (Å²) in [7, 11) is 3.68. The molecule has 2 rings (SSSR count). The average molecular weight is 231 g/mol. The third kappa shape index (κ3) is 2.81. The summed E-state index contributed by atoms with van der Waals surface area (Å²) in [6.45, 7) is 0. The molecular weight excluding hydrogens is 218 g/mol. The smallest absolute Gasteiger partial charge is 0.230 e. The summed E-state index contributed by atoms with van der Waals surface area (Å²) in [5, 5.41) is 0. The molecule has 2 heterocycles. The Hall–Kier alpha value is -2.37. The second kappa shape index (κ2) is 4.65. The maximum absolute atomic E-state index is 5.60. The van der Waals surface area contributed by atoms with Gasteiger partial charge in [0.2, 0.25) is 11.9 Å². The molecule has 6 heteroatoms. The zero-order valence-corrected chi connectivity index (χ0v) is 9.66. The van der Waals surface area contributed by atoms with Gasteiger partial charge in [0.15, 0.2) is 5.82 Å². The summed E-state index contributed by atoms with van der Waals surface area (Å²) in [5.41, 5.74) is 5.60. The first-order valence-electron chi connectivity index (χ1n) is 5.05. The molecule has 0 spiro atoms. The van der Waals surface area contributed by atoms with Gasteiger partial charge in [-0.3, -0.25) is 0 Å². The number of furan rings is 1. The first-order valence-corrected chi connectivity index (χ1v) is 5.05.